The van der Waals surface area contributed by atoms with Crippen LogP contribution in [0.4, 0.5) is 0 Å². The maximum Gasteiger partial charge on any atom is 0.0693 e. The molecule has 2 rings (SSSR count). The van der Waals surface area contributed by atoms with E-state index in [0.29, 0.717) is 0 Å². The molecule has 1 aliphatic carbocycles. The molecule has 0 atom stereocenters. The molecular formula is C17H22BrN. The van der Waals surface area contributed by atoms with Crippen molar-refractivity contribution in [1.82, 2.24) is 0 Å². The van der Waals surface area contributed by atoms with Crippen molar-refractivity contribution >= 4 is 15.9 Å². The first-order valence-corrected chi connectivity index (χ1v) is 8.12. The van der Waals surface area contributed by atoms with E-state index >= 15 is 0 Å². The molecule has 0 unspecified atom stereocenters. The molecule has 0 heterocycles. The van der Waals surface area contributed by atoms with Gasteiger partial charge in [0.15, 0.2) is 0 Å². The van der Waals surface area contributed by atoms with E-state index in [1.165, 1.54) is 31.2 Å². The Labute approximate surface area is 125 Å². The molecule has 0 radical (unpaired) electrons. The van der Waals surface area contributed by atoms with Gasteiger partial charge >= 0.3 is 0 Å². The average Bonchev–Trinajstić information content (AvgIpc) is 2.42. The van der Waals surface area contributed by atoms with E-state index in [0.717, 1.165) is 29.7 Å². The molecule has 0 aromatic heterocycles. The predicted octanol–water partition coefficient (Wildman–Crippen LogP) is 5.49. The third-order valence-corrected chi connectivity index (χ3v) is 4.92. The maximum absolute atomic E-state index is 9.63. The summed E-state index contributed by atoms with van der Waals surface area (Å²) in [5, 5.41) is 9.63. The Morgan fingerprint density at radius 3 is 2.68 bits per heavy atom. The van der Waals surface area contributed by atoms with Gasteiger partial charge in [-0.05, 0) is 55.7 Å². The van der Waals surface area contributed by atoms with E-state index < -0.39 is 0 Å². The number of rotatable bonds is 4. The van der Waals surface area contributed by atoms with E-state index in [-0.39, 0.29) is 5.41 Å². The third-order valence-electron chi connectivity index (χ3n) is 4.43. The highest BCUT2D eigenvalue weighted by molar-refractivity contribution is 9.10. The maximum atomic E-state index is 9.63. The molecule has 1 aliphatic rings. The lowest BCUT2D eigenvalue weighted by Gasteiger charge is -2.35. The highest BCUT2D eigenvalue weighted by atomic mass is 79.9. The number of benzene rings is 1. The monoisotopic (exact) mass is 319 g/mol. The summed E-state index contributed by atoms with van der Waals surface area (Å²) in [6.07, 6.45) is 8.11. The van der Waals surface area contributed by atoms with Crippen molar-refractivity contribution in [3.63, 3.8) is 0 Å². The van der Waals surface area contributed by atoms with Gasteiger partial charge in [0.05, 0.1) is 11.5 Å². The molecule has 1 fully saturated rings. The molecule has 1 saturated carbocycles. The number of hydrogen-bond donors (Lipinski definition) is 0. The largest absolute Gasteiger partial charge is 0.198 e. The van der Waals surface area contributed by atoms with Crippen LogP contribution in [0.25, 0.3) is 0 Å². The fraction of sp³-hybridized carbons (Fsp3) is 0.588. The lowest BCUT2D eigenvalue weighted by Crippen LogP contribution is -2.28. The first kappa shape index (κ1) is 14.6. The second-order valence-corrected chi connectivity index (χ2v) is 6.85. The van der Waals surface area contributed by atoms with Crippen LogP contribution < -0.4 is 0 Å². The molecule has 1 aromatic carbocycles. The summed E-state index contributed by atoms with van der Waals surface area (Å²) in [5.41, 5.74) is 1.16. The van der Waals surface area contributed by atoms with Crippen LogP contribution in [0.3, 0.4) is 0 Å². The van der Waals surface area contributed by atoms with Gasteiger partial charge in [-0.1, -0.05) is 47.8 Å². The van der Waals surface area contributed by atoms with E-state index in [2.05, 4.69) is 47.1 Å². The molecule has 19 heavy (non-hydrogen) atoms. The van der Waals surface area contributed by atoms with Gasteiger partial charge in [-0.3, -0.25) is 0 Å². The number of nitriles is 1. The van der Waals surface area contributed by atoms with Gasteiger partial charge in [0, 0.05) is 4.47 Å². The van der Waals surface area contributed by atoms with Crippen molar-refractivity contribution in [3.05, 3.63) is 34.3 Å². The van der Waals surface area contributed by atoms with E-state index in [1.54, 1.807) is 0 Å². The molecule has 1 aromatic rings. The molecule has 0 N–H and O–H groups in total. The quantitative estimate of drug-likeness (QED) is 0.719. The molecule has 0 bridgehead atoms. The summed E-state index contributed by atoms with van der Waals surface area (Å²) in [4.78, 5) is 0. The van der Waals surface area contributed by atoms with Crippen LogP contribution >= 0.6 is 15.9 Å². The van der Waals surface area contributed by atoms with Crippen LogP contribution in [0, 0.1) is 22.7 Å². The number of hydrogen-bond acceptors (Lipinski definition) is 1. The van der Waals surface area contributed by atoms with E-state index in [1.807, 2.05) is 6.07 Å². The zero-order chi connectivity index (χ0) is 13.7. The first-order valence-electron chi connectivity index (χ1n) is 7.33. The van der Waals surface area contributed by atoms with Crippen LogP contribution in [0.1, 0.15) is 51.0 Å². The predicted molar refractivity (Wildman–Crippen MR) is 82.8 cm³/mol. The molecule has 2 heteroatoms. The highest BCUT2D eigenvalue weighted by Crippen LogP contribution is 2.42. The number of nitrogens with zero attached hydrogens (tertiary/aromatic N) is 1. The van der Waals surface area contributed by atoms with Crippen LogP contribution in [0.5, 0.6) is 0 Å². The standard InChI is InChI=1S/C17H22BrN/c1-2-4-14-7-9-17(13-19,10-8-14)12-15-5-3-6-16(18)11-15/h3,5-6,11,14H,2,4,7-10,12H2,1H3. The molecule has 0 spiro atoms. The topological polar surface area (TPSA) is 23.8 Å². The van der Waals surface area contributed by atoms with Gasteiger partial charge in [0.1, 0.15) is 0 Å². The van der Waals surface area contributed by atoms with Crippen molar-refractivity contribution in [2.24, 2.45) is 11.3 Å². The van der Waals surface area contributed by atoms with Crippen LogP contribution in [-0.4, -0.2) is 0 Å². The van der Waals surface area contributed by atoms with Crippen LogP contribution in [0.15, 0.2) is 28.7 Å². The highest BCUT2D eigenvalue weighted by Gasteiger charge is 2.35. The smallest absolute Gasteiger partial charge is 0.0693 e. The molecule has 102 valence electrons. The van der Waals surface area contributed by atoms with Crippen molar-refractivity contribution in [2.75, 3.05) is 0 Å². The normalized spacial score (nSPS) is 26.9. The SMILES string of the molecule is CCCC1CCC(C#N)(Cc2cccc(Br)c2)CC1. The lowest BCUT2D eigenvalue weighted by molar-refractivity contribution is 0.201. The van der Waals surface area contributed by atoms with E-state index in [4.69, 9.17) is 0 Å². The molecule has 0 aliphatic heterocycles. The Balaban J connectivity index is 2.03. The lowest BCUT2D eigenvalue weighted by atomic mass is 9.67. The number of halogens is 1. The van der Waals surface area contributed by atoms with Gasteiger partial charge in [0.2, 0.25) is 0 Å². The summed E-state index contributed by atoms with van der Waals surface area (Å²) >= 11 is 3.51. The average molecular weight is 320 g/mol. The molecule has 0 saturated heterocycles. The fourth-order valence-electron chi connectivity index (χ4n) is 3.29. The summed E-state index contributed by atoms with van der Waals surface area (Å²) in [7, 11) is 0. The van der Waals surface area contributed by atoms with Gasteiger partial charge in [0.25, 0.3) is 0 Å². The van der Waals surface area contributed by atoms with Crippen molar-refractivity contribution < 1.29 is 0 Å². The Morgan fingerprint density at radius 1 is 1.37 bits per heavy atom. The van der Waals surface area contributed by atoms with Gasteiger partial charge in [-0.2, -0.15) is 5.26 Å². The Hall–Kier alpha value is -0.810. The first-order chi connectivity index (χ1) is 9.17. The molecule has 1 nitrogen and oxygen atoms in total. The van der Waals surface area contributed by atoms with Crippen molar-refractivity contribution in [2.45, 2.75) is 51.9 Å². The summed E-state index contributed by atoms with van der Waals surface area (Å²) < 4.78 is 1.11. The second kappa shape index (κ2) is 6.57. The van der Waals surface area contributed by atoms with Crippen LogP contribution in [-0.2, 0) is 6.42 Å². The van der Waals surface area contributed by atoms with Gasteiger partial charge in [-0.25, -0.2) is 0 Å². The van der Waals surface area contributed by atoms with Gasteiger partial charge in [-0.15, -0.1) is 0 Å². The second-order valence-electron chi connectivity index (χ2n) is 5.93. The minimum atomic E-state index is -0.120. The Bertz CT molecular complexity index is 453. The van der Waals surface area contributed by atoms with Gasteiger partial charge < -0.3 is 0 Å². The van der Waals surface area contributed by atoms with Crippen LogP contribution in [0.2, 0.25) is 0 Å². The zero-order valence-corrected chi connectivity index (χ0v) is 13.2. The van der Waals surface area contributed by atoms with Crippen molar-refractivity contribution in [3.8, 4) is 6.07 Å². The molecule has 0 amide bonds. The van der Waals surface area contributed by atoms with E-state index in [9.17, 15) is 5.26 Å². The third kappa shape index (κ3) is 3.83. The fourth-order valence-corrected chi connectivity index (χ4v) is 3.74. The summed E-state index contributed by atoms with van der Waals surface area (Å²) in [6, 6.07) is 11.0. The minimum Gasteiger partial charge on any atom is -0.198 e. The Morgan fingerprint density at radius 2 is 2.11 bits per heavy atom. The van der Waals surface area contributed by atoms with Crippen molar-refractivity contribution in [1.29, 1.82) is 5.26 Å². The zero-order valence-electron chi connectivity index (χ0n) is 11.7. The summed E-state index contributed by atoms with van der Waals surface area (Å²) in [6.45, 7) is 2.26. The molecular weight excluding hydrogens is 298 g/mol. The Kier molecular flexibility index (Phi) is 5.05. The minimum absolute atomic E-state index is 0.120. The summed E-state index contributed by atoms with van der Waals surface area (Å²) in [5.74, 6) is 0.856.